The lowest BCUT2D eigenvalue weighted by Gasteiger charge is -2.51. The van der Waals surface area contributed by atoms with Gasteiger partial charge in [0.25, 0.3) is 0 Å². The van der Waals surface area contributed by atoms with E-state index in [9.17, 15) is 9.18 Å². The van der Waals surface area contributed by atoms with Crippen LogP contribution in [0.25, 0.3) is 11.4 Å². The number of piperidine rings is 2. The molecule has 28 heavy (non-hydrogen) atoms. The first-order chi connectivity index (χ1) is 13.6. The van der Waals surface area contributed by atoms with Gasteiger partial charge in [0.15, 0.2) is 5.82 Å². The van der Waals surface area contributed by atoms with Gasteiger partial charge in [-0.2, -0.15) is 9.97 Å². The summed E-state index contributed by atoms with van der Waals surface area (Å²) in [4.78, 5) is 23.0. The van der Waals surface area contributed by atoms with Gasteiger partial charge in [0, 0.05) is 24.6 Å². The van der Waals surface area contributed by atoms with Gasteiger partial charge < -0.3 is 13.9 Å². The highest BCUT2D eigenvalue weighted by Crippen LogP contribution is 2.51. The standard InChI is InChI=1S/C19H18FN5O3/c1-10-21-15(27-23-10)7-16(26)25-8-12-6-13(9-25)17(12)19-22-18(24-28-19)11-2-4-14(20)5-3-11/h2-5,12-13,17H,6-9H2,1H3. The quantitative estimate of drug-likeness (QED) is 0.682. The second kappa shape index (κ2) is 6.50. The highest BCUT2D eigenvalue weighted by molar-refractivity contribution is 5.78. The summed E-state index contributed by atoms with van der Waals surface area (Å²) in [5, 5.41) is 7.76. The summed E-state index contributed by atoms with van der Waals surface area (Å²) < 4.78 is 23.6. The van der Waals surface area contributed by atoms with E-state index in [-0.39, 0.29) is 24.1 Å². The van der Waals surface area contributed by atoms with Crippen molar-refractivity contribution in [2.45, 2.75) is 25.7 Å². The Morgan fingerprint density at radius 2 is 1.89 bits per heavy atom. The molecule has 1 amide bonds. The first-order valence-corrected chi connectivity index (χ1v) is 9.23. The molecule has 1 aromatic carbocycles. The van der Waals surface area contributed by atoms with Crippen molar-refractivity contribution in [3.05, 3.63) is 47.7 Å². The smallest absolute Gasteiger partial charge is 0.236 e. The van der Waals surface area contributed by atoms with E-state index in [0.717, 1.165) is 6.42 Å². The van der Waals surface area contributed by atoms with Crippen LogP contribution in [0.2, 0.25) is 0 Å². The topological polar surface area (TPSA) is 98.2 Å². The fraction of sp³-hybridized carbons (Fsp3) is 0.421. The van der Waals surface area contributed by atoms with Crippen molar-refractivity contribution in [3.8, 4) is 11.4 Å². The average Bonchev–Trinajstić information content (AvgIpc) is 3.31. The van der Waals surface area contributed by atoms with Gasteiger partial charge >= 0.3 is 0 Å². The second-order valence-electron chi connectivity index (χ2n) is 7.46. The summed E-state index contributed by atoms with van der Waals surface area (Å²) in [5.41, 5.74) is 0.715. The summed E-state index contributed by atoms with van der Waals surface area (Å²) in [6.07, 6.45) is 1.17. The molecule has 1 saturated carbocycles. The maximum Gasteiger partial charge on any atom is 0.236 e. The van der Waals surface area contributed by atoms with Gasteiger partial charge in [-0.25, -0.2) is 4.39 Å². The van der Waals surface area contributed by atoms with E-state index >= 15 is 0 Å². The van der Waals surface area contributed by atoms with E-state index in [0.29, 0.717) is 53.9 Å². The van der Waals surface area contributed by atoms with Crippen molar-refractivity contribution in [1.29, 1.82) is 0 Å². The minimum absolute atomic E-state index is 0.00525. The molecule has 3 fully saturated rings. The molecule has 9 heteroatoms. The van der Waals surface area contributed by atoms with E-state index in [4.69, 9.17) is 9.05 Å². The molecule has 2 aliphatic heterocycles. The van der Waals surface area contributed by atoms with Crippen LogP contribution in [-0.2, 0) is 11.2 Å². The third-order valence-corrected chi connectivity index (χ3v) is 5.59. The average molecular weight is 383 g/mol. The molecule has 144 valence electrons. The lowest BCUT2D eigenvalue weighted by molar-refractivity contribution is -0.139. The Bertz CT molecular complexity index is 1000. The Balaban J connectivity index is 1.25. The van der Waals surface area contributed by atoms with Gasteiger partial charge in [0.1, 0.15) is 12.2 Å². The first kappa shape index (κ1) is 17.0. The number of nitrogens with zero attached hydrogens (tertiary/aromatic N) is 5. The van der Waals surface area contributed by atoms with E-state index in [1.807, 2.05) is 4.90 Å². The Kier molecular flexibility index (Phi) is 3.96. The molecule has 2 atom stereocenters. The Hall–Kier alpha value is -3.10. The van der Waals surface area contributed by atoms with Crippen molar-refractivity contribution in [3.63, 3.8) is 0 Å². The zero-order chi connectivity index (χ0) is 19.3. The van der Waals surface area contributed by atoms with E-state index in [1.165, 1.54) is 12.1 Å². The molecule has 4 heterocycles. The van der Waals surface area contributed by atoms with E-state index in [1.54, 1.807) is 19.1 Å². The lowest BCUT2D eigenvalue weighted by Crippen LogP contribution is -2.55. The summed E-state index contributed by atoms with van der Waals surface area (Å²) in [5.74, 6) is 2.38. The number of carbonyl (C=O) groups excluding carboxylic acids is 1. The molecule has 2 saturated heterocycles. The minimum Gasteiger partial charge on any atom is -0.342 e. The molecule has 0 N–H and O–H groups in total. The molecule has 0 spiro atoms. The van der Waals surface area contributed by atoms with Crippen LogP contribution in [0, 0.1) is 24.6 Å². The number of benzene rings is 1. The first-order valence-electron chi connectivity index (χ1n) is 9.23. The van der Waals surface area contributed by atoms with E-state index in [2.05, 4.69) is 20.3 Å². The maximum absolute atomic E-state index is 13.1. The van der Waals surface area contributed by atoms with Gasteiger partial charge in [-0.1, -0.05) is 10.3 Å². The lowest BCUT2D eigenvalue weighted by atomic mass is 9.61. The van der Waals surface area contributed by atoms with Gasteiger partial charge in [0.2, 0.25) is 23.5 Å². The maximum atomic E-state index is 13.1. The number of rotatable bonds is 4. The fourth-order valence-corrected chi connectivity index (χ4v) is 4.23. The number of aromatic nitrogens is 4. The van der Waals surface area contributed by atoms with Crippen LogP contribution < -0.4 is 0 Å². The summed E-state index contributed by atoms with van der Waals surface area (Å²) in [6.45, 7) is 3.03. The molecule has 0 radical (unpaired) electrons. The van der Waals surface area contributed by atoms with Gasteiger partial charge in [-0.3, -0.25) is 4.79 Å². The monoisotopic (exact) mass is 383 g/mol. The van der Waals surface area contributed by atoms with Crippen LogP contribution in [0.4, 0.5) is 4.39 Å². The molecule has 2 unspecified atom stereocenters. The third-order valence-electron chi connectivity index (χ3n) is 5.59. The predicted octanol–water partition coefficient (Wildman–Crippen LogP) is 2.37. The number of halogens is 1. The van der Waals surface area contributed by atoms with Crippen LogP contribution in [0.15, 0.2) is 33.3 Å². The Morgan fingerprint density at radius 3 is 2.57 bits per heavy atom. The summed E-state index contributed by atoms with van der Waals surface area (Å²) in [7, 11) is 0. The zero-order valence-corrected chi connectivity index (χ0v) is 15.2. The molecule has 2 aromatic heterocycles. The SMILES string of the molecule is Cc1noc(CC(=O)N2CC3CC(C2)C3c2nc(-c3ccc(F)cc3)no2)n1. The molecule has 3 aliphatic rings. The molecule has 2 bridgehead atoms. The predicted molar refractivity (Wildman–Crippen MR) is 93.3 cm³/mol. The van der Waals surface area contributed by atoms with E-state index < -0.39 is 0 Å². The normalized spacial score (nSPS) is 23.5. The van der Waals surface area contributed by atoms with Gasteiger partial charge in [-0.05, 0) is 49.4 Å². The number of hydrogen-bond acceptors (Lipinski definition) is 7. The Labute approximate surface area is 159 Å². The van der Waals surface area contributed by atoms with Crippen molar-refractivity contribution >= 4 is 5.91 Å². The minimum atomic E-state index is -0.304. The van der Waals surface area contributed by atoms with Crippen molar-refractivity contribution in [2.75, 3.05) is 13.1 Å². The number of hydrogen-bond donors (Lipinski definition) is 0. The molecular formula is C19H18FN5O3. The third kappa shape index (κ3) is 2.96. The molecular weight excluding hydrogens is 365 g/mol. The van der Waals surface area contributed by atoms with Crippen LogP contribution >= 0.6 is 0 Å². The van der Waals surface area contributed by atoms with Crippen LogP contribution in [0.5, 0.6) is 0 Å². The van der Waals surface area contributed by atoms with Crippen molar-refractivity contribution in [2.24, 2.45) is 11.8 Å². The zero-order valence-electron chi connectivity index (χ0n) is 15.2. The van der Waals surface area contributed by atoms with Gasteiger partial charge in [-0.15, -0.1) is 0 Å². The van der Waals surface area contributed by atoms with Gasteiger partial charge in [0.05, 0.1) is 0 Å². The highest BCUT2D eigenvalue weighted by atomic mass is 19.1. The molecule has 8 nitrogen and oxygen atoms in total. The Morgan fingerprint density at radius 1 is 1.14 bits per heavy atom. The molecule has 3 aromatic rings. The van der Waals surface area contributed by atoms with Crippen LogP contribution in [-0.4, -0.2) is 44.2 Å². The molecule has 1 aliphatic carbocycles. The van der Waals surface area contributed by atoms with Crippen molar-refractivity contribution in [1.82, 2.24) is 25.2 Å². The number of aryl methyl sites for hydroxylation is 1. The van der Waals surface area contributed by atoms with Crippen molar-refractivity contribution < 1.29 is 18.2 Å². The summed E-state index contributed by atoms with van der Waals surface area (Å²) in [6, 6.07) is 6.01. The molecule has 6 rings (SSSR count). The highest BCUT2D eigenvalue weighted by Gasteiger charge is 2.51. The number of carbonyl (C=O) groups is 1. The van der Waals surface area contributed by atoms with Crippen LogP contribution in [0.1, 0.15) is 29.9 Å². The van der Waals surface area contributed by atoms with Crippen LogP contribution in [0.3, 0.4) is 0 Å². The fourth-order valence-electron chi connectivity index (χ4n) is 4.23. The number of amides is 1. The largest absolute Gasteiger partial charge is 0.342 e. The summed E-state index contributed by atoms with van der Waals surface area (Å²) >= 11 is 0. The second-order valence-corrected chi connectivity index (χ2v) is 7.46. The number of fused-ring (bicyclic) bond motifs is 2.